The minimum absolute atomic E-state index is 0.0956. The number of nitrogens with one attached hydrogen (secondary N) is 1. The number of hydrogen-bond acceptors (Lipinski definition) is 2. The number of anilines is 1. The van der Waals surface area contributed by atoms with E-state index in [1.807, 2.05) is 23.1 Å². The predicted octanol–water partition coefficient (Wildman–Crippen LogP) is 2.35. The van der Waals surface area contributed by atoms with E-state index in [0.29, 0.717) is 6.42 Å². The van der Waals surface area contributed by atoms with Gasteiger partial charge in [-0.1, -0.05) is 32.0 Å². The zero-order valence-electron chi connectivity index (χ0n) is 11.5. The van der Waals surface area contributed by atoms with Crippen molar-refractivity contribution in [3.05, 3.63) is 29.8 Å². The molecule has 1 aromatic carbocycles. The molecular weight excluding hydrogens is 224 g/mol. The number of nitrogens with zero attached hydrogens (tertiary/aromatic N) is 1. The Hall–Kier alpha value is -1.35. The van der Waals surface area contributed by atoms with Gasteiger partial charge in [-0.15, -0.1) is 0 Å². The molecule has 0 atom stereocenters. The first-order valence-corrected chi connectivity index (χ1v) is 6.56. The highest BCUT2D eigenvalue weighted by atomic mass is 16.2. The molecule has 1 aliphatic heterocycles. The zero-order valence-corrected chi connectivity index (χ0v) is 11.5. The van der Waals surface area contributed by atoms with Crippen LogP contribution in [0.1, 0.15) is 25.8 Å². The van der Waals surface area contributed by atoms with Gasteiger partial charge in [-0.05, 0) is 24.0 Å². The highest BCUT2D eigenvalue weighted by molar-refractivity contribution is 5.94. The summed E-state index contributed by atoms with van der Waals surface area (Å²) in [6, 6.07) is 8.12. The maximum Gasteiger partial charge on any atom is 0.228 e. The summed E-state index contributed by atoms with van der Waals surface area (Å²) in [5.74, 6) is 0.213. The topological polar surface area (TPSA) is 32.3 Å². The van der Waals surface area contributed by atoms with Gasteiger partial charge in [0, 0.05) is 31.7 Å². The molecule has 0 aromatic heterocycles. The Balaban J connectivity index is 2.32. The molecule has 3 nitrogen and oxygen atoms in total. The lowest BCUT2D eigenvalue weighted by molar-refractivity contribution is -0.119. The first kappa shape index (κ1) is 13.1. The summed E-state index contributed by atoms with van der Waals surface area (Å²) in [5.41, 5.74) is 2.31. The Morgan fingerprint density at radius 3 is 2.72 bits per heavy atom. The maximum absolute atomic E-state index is 12.3. The van der Waals surface area contributed by atoms with E-state index in [0.717, 1.165) is 30.9 Å². The second-order valence-electron chi connectivity index (χ2n) is 5.86. The molecule has 1 saturated heterocycles. The molecule has 1 aliphatic rings. The Labute approximate surface area is 109 Å². The molecule has 0 spiro atoms. The molecule has 1 fully saturated rings. The SMILES string of the molecule is Cc1ccccc1N1CC(C)(C)CNCCC1=O. The molecule has 0 unspecified atom stereocenters. The molecule has 0 saturated carbocycles. The number of hydrogen-bond donors (Lipinski definition) is 1. The number of carbonyl (C=O) groups excluding carboxylic acids is 1. The van der Waals surface area contributed by atoms with Crippen molar-refractivity contribution in [1.82, 2.24) is 5.32 Å². The largest absolute Gasteiger partial charge is 0.316 e. The Kier molecular flexibility index (Phi) is 3.71. The Morgan fingerprint density at radius 1 is 1.28 bits per heavy atom. The van der Waals surface area contributed by atoms with Crippen molar-refractivity contribution in [2.45, 2.75) is 27.2 Å². The standard InChI is InChI=1S/C15H22N2O/c1-12-6-4-5-7-13(12)17-11-15(2,3)10-16-9-8-14(17)18/h4-7,16H,8-11H2,1-3H3. The van der Waals surface area contributed by atoms with Crippen LogP contribution >= 0.6 is 0 Å². The van der Waals surface area contributed by atoms with Crippen molar-refractivity contribution in [3.63, 3.8) is 0 Å². The van der Waals surface area contributed by atoms with Crippen LogP contribution in [0.5, 0.6) is 0 Å². The van der Waals surface area contributed by atoms with Crippen molar-refractivity contribution in [1.29, 1.82) is 0 Å². The summed E-state index contributed by atoms with van der Waals surface area (Å²) in [5, 5.41) is 3.35. The van der Waals surface area contributed by atoms with E-state index in [9.17, 15) is 4.79 Å². The minimum atomic E-state index is 0.0956. The highest BCUT2D eigenvalue weighted by Crippen LogP contribution is 2.26. The number of carbonyl (C=O) groups is 1. The van der Waals surface area contributed by atoms with Gasteiger partial charge in [0.25, 0.3) is 0 Å². The van der Waals surface area contributed by atoms with Crippen LogP contribution in [0.25, 0.3) is 0 Å². The van der Waals surface area contributed by atoms with E-state index >= 15 is 0 Å². The first-order chi connectivity index (χ1) is 8.49. The van der Waals surface area contributed by atoms with Crippen molar-refractivity contribution >= 4 is 11.6 Å². The normalized spacial score (nSPS) is 20.4. The molecule has 0 bridgehead atoms. The molecule has 1 aromatic rings. The minimum Gasteiger partial charge on any atom is -0.316 e. The molecule has 1 N–H and O–H groups in total. The van der Waals surface area contributed by atoms with Crippen molar-refractivity contribution in [3.8, 4) is 0 Å². The molecule has 3 heteroatoms. The van der Waals surface area contributed by atoms with E-state index in [1.54, 1.807) is 0 Å². The Bertz CT molecular complexity index is 440. The molecule has 1 heterocycles. The average Bonchev–Trinajstić information content (AvgIpc) is 2.31. The number of amides is 1. The summed E-state index contributed by atoms with van der Waals surface area (Å²) in [4.78, 5) is 14.2. The summed E-state index contributed by atoms with van der Waals surface area (Å²) in [7, 11) is 0. The summed E-state index contributed by atoms with van der Waals surface area (Å²) >= 11 is 0. The molecule has 1 amide bonds. The van der Waals surface area contributed by atoms with Crippen LogP contribution in [0.15, 0.2) is 24.3 Å². The van der Waals surface area contributed by atoms with E-state index in [4.69, 9.17) is 0 Å². The molecular formula is C15H22N2O. The second kappa shape index (κ2) is 5.11. The van der Waals surface area contributed by atoms with Crippen LogP contribution in [-0.2, 0) is 4.79 Å². The summed E-state index contributed by atoms with van der Waals surface area (Å²) in [6.45, 7) is 8.94. The fourth-order valence-corrected chi connectivity index (χ4v) is 2.41. The van der Waals surface area contributed by atoms with Crippen LogP contribution in [0, 0.1) is 12.3 Å². The van der Waals surface area contributed by atoms with Crippen molar-refractivity contribution in [2.24, 2.45) is 5.41 Å². The van der Waals surface area contributed by atoms with Gasteiger partial charge in [0.2, 0.25) is 5.91 Å². The van der Waals surface area contributed by atoms with Gasteiger partial charge < -0.3 is 10.2 Å². The van der Waals surface area contributed by atoms with Crippen LogP contribution < -0.4 is 10.2 Å². The Morgan fingerprint density at radius 2 is 2.00 bits per heavy atom. The number of para-hydroxylation sites is 1. The highest BCUT2D eigenvalue weighted by Gasteiger charge is 2.28. The molecule has 18 heavy (non-hydrogen) atoms. The number of benzene rings is 1. The smallest absolute Gasteiger partial charge is 0.228 e. The average molecular weight is 246 g/mol. The predicted molar refractivity (Wildman–Crippen MR) is 74.8 cm³/mol. The van der Waals surface area contributed by atoms with Gasteiger partial charge in [0.05, 0.1) is 0 Å². The summed E-state index contributed by atoms with van der Waals surface area (Å²) < 4.78 is 0. The fraction of sp³-hybridized carbons (Fsp3) is 0.533. The molecule has 98 valence electrons. The van der Waals surface area contributed by atoms with Crippen LogP contribution in [0.2, 0.25) is 0 Å². The zero-order chi connectivity index (χ0) is 13.2. The summed E-state index contributed by atoms with van der Waals surface area (Å²) in [6.07, 6.45) is 0.574. The van der Waals surface area contributed by atoms with Crippen molar-refractivity contribution < 1.29 is 4.79 Å². The third-order valence-corrected chi connectivity index (χ3v) is 3.41. The number of aryl methyl sites for hydroxylation is 1. The van der Waals surface area contributed by atoms with Gasteiger partial charge >= 0.3 is 0 Å². The lowest BCUT2D eigenvalue weighted by atomic mass is 9.91. The van der Waals surface area contributed by atoms with Gasteiger partial charge in [-0.2, -0.15) is 0 Å². The second-order valence-corrected chi connectivity index (χ2v) is 5.86. The fourth-order valence-electron chi connectivity index (χ4n) is 2.41. The van der Waals surface area contributed by atoms with Gasteiger partial charge in [0.1, 0.15) is 0 Å². The third kappa shape index (κ3) is 2.91. The quantitative estimate of drug-likeness (QED) is 0.825. The molecule has 0 aliphatic carbocycles. The van der Waals surface area contributed by atoms with Crippen LogP contribution in [0.4, 0.5) is 5.69 Å². The van der Waals surface area contributed by atoms with E-state index in [-0.39, 0.29) is 11.3 Å². The lowest BCUT2D eigenvalue weighted by Crippen LogP contribution is -2.47. The van der Waals surface area contributed by atoms with Gasteiger partial charge in [0.15, 0.2) is 0 Å². The molecule has 2 rings (SSSR count). The maximum atomic E-state index is 12.3. The van der Waals surface area contributed by atoms with E-state index in [1.165, 1.54) is 0 Å². The van der Waals surface area contributed by atoms with Crippen LogP contribution in [-0.4, -0.2) is 25.5 Å². The lowest BCUT2D eigenvalue weighted by Gasteiger charge is -2.36. The van der Waals surface area contributed by atoms with E-state index in [2.05, 4.69) is 32.2 Å². The van der Waals surface area contributed by atoms with Gasteiger partial charge in [-0.3, -0.25) is 4.79 Å². The third-order valence-electron chi connectivity index (χ3n) is 3.41. The molecule has 0 radical (unpaired) electrons. The first-order valence-electron chi connectivity index (χ1n) is 6.56. The van der Waals surface area contributed by atoms with E-state index < -0.39 is 0 Å². The van der Waals surface area contributed by atoms with Crippen LogP contribution in [0.3, 0.4) is 0 Å². The monoisotopic (exact) mass is 246 g/mol. The van der Waals surface area contributed by atoms with Gasteiger partial charge in [-0.25, -0.2) is 0 Å². The van der Waals surface area contributed by atoms with Crippen molar-refractivity contribution in [2.75, 3.05) is 24.5 Å². The number of rotatable bonds is 1.